The summed E-state index contributed by atoms with van der Waals surface area (Å²) in [5.74, 6) is 0. The third-order valence-corrected chi connectivity index (χ3v) is 4.10. The first-order chi connectivity index (χ1) is 11.7. The number of rotatable bonds is 9. The van der Waals surface area contributed by atoms with E-state index in [2.05, 4.69) is 48.5 Å². The lowest BCUT2D eigenvalue weighted by Crippen LogP contribution is -2.16. The maximum Gasteiger partial charge on any atom is 0.160 e. The van der Waals surface area contributed by atoms with Crippen LogP contribution < -0.4 is 0 Å². The van der Waals surface area contributed by atoms with Crippen molar-refractivity contribution in [2.24, 2.45) is 0 Å². The molecule has 0 aliphatic carbocycles. The molecule has 130 valence electrons. The van der Waals surface area contributed by atoms with Crippen LogP contribution in [-0.2, 0) is 31.8 Å². The summed E-state index contributed by atoms with van der Waals surface area (Å²) < 4.78 is 21.0. The van der Waals surface area contributed by atoms with Crippen molar-refractivity contribution in [2.75, 3.05) is 28.4 Å². The van der Waals surface area contributed by atoms with Gasteiger partial charge in [-0.3, -0.25) is 0 Å². The molecule has 0 aromatic heterocycles. The van der Waals surface area contributed by atoms with Gasteiger partial charge in [-0.2, -0.15) is 0 Å². The molecule has 0 radical (unpaired) electrons. The molecule has 0 heterocycles. The molecular formula is C20H26O4. The van der Waals surface area contributed by atoms with E-state index in [0.717, 1.165) is 12.8 Å². The first kappa shape index (κ1) is 18.6. The van der Waals surface area contributed by atoms with Crippen molar-refractivity contribution < 1.29 is 18.9 Å². The van der Waals surface area contributed by atoms with Crippen LogP contribution in [0, 0.1) is 0 Å². The summed E-state index contributed by atoms with van der Waals surface area (Å²) in [7, 11) is 6.62. The standard InChI is InChI=1S/C20H26O4/c1-21-19(22-2)13-15-5-9-17(10-6-15)18-11-7-16(8-12-18)14-20(23-3)24-4/h5-12,19-20H,13-14H2,1-4H3. The predicted octanol–water partition coefficient (Wildman–Crippen LogP) is 3.68. The van der Waals surface area contributed by atoms with E-state index in [0.29, 0.717) is 0 Å². The van der Waals surface area contributed by atoms with Gasteiger partial charge in [0.05, 0.1) is 0 Å². The second-order valence-electron chi connectivity index (χ2n) is 5.60. The van der Waals surface area contributed by atoms with E-state index in [-0.39, 0.29) is 12.6 Å². The normalized spacial score (nSPS) is 11.4. The summed E-state index contributed by atoms with van der Waals surface area (Å²) in [6.45, 7) is 0. The summed E-state index contributed by atoms with van der Waals surface area (Å²) in [6, 6.07) is 16.9. The van der Waals surface area contributed by atoms with Gasteiger partial charge in [-0.15, -0.1) is 0 Å². The molecule has 0 aliphatic rings. The maximum atomic E-state index is 5.24. The van der Waals surface area contributed by atoms with Gasteiger partial charge >= 0.3 is 0 Å². The quantitative estimate of drug-likeness (QED) is 0.657. The minimum atomic E-state index is -0.204. The SMILES string of the molecule is COC(Cc1ccc(-c2ccc(CC(OC)OC)cc2)cc1)OC. The van der Waals surface area contributed by atoms with Crippen LogP contribution in [-0.4, -0.2) is 41.0 Å². The summed E-state index contributed by atoms with van der Waals surface area (Å²) in [5.41, 5.74) is 4.75. The second-order valence-corrected chi connectivity index (χ2v) is 5.60. The fourth-order valence-electron chi connectivity index (χ4n) is 2.58. The molecule has 0 spiro atoms. The molecule has 2 rings (SSSR count). The van der Waals surface area contributed by atoms with E-state index in [1.54, 1.807) is 28.4 Å². The van der Waals surface area contributed by atoms with E-state index < -0.39 is 0 Å². The number of hydrogen-bond donors (Lipinski definition) is 0. The molecule has 0 atom stereocenters. The van der Waals surface area contributed by atoms with Crippen LogP contribution in [0.1, 0.15) is 11.1 Å². The molecule has 2 aromatic rings. The monoisotopic (exact) mass is 330 g/mol. The first-order valence-corrected chi connectivity index (χ1v) is 7.99. The lowest BCUT2D eigenvalue weighted by atomic mass is 10.0. The van der Waals surface area contributed by atoms with Gasteiger partial charge in [0.1, 0.15) is 0 Å². The maximum absolute atomic E-state index is 5.24. The Hall–Kier alpha value is -1.72. The fourth-order valence-corrected chi connectivity index (χ4v) is 2.58. The molecule has 4 nitrogen and oxygen atoms in total. The van der Waals surface area contributed by atoms with Crippen molar-refractivity contribution in [1.29, 1.82) is 0 Å². The number of benzene rings is 2. The Bertz CT molecular complexity index is 529. The first-order valence-electron chi connectivity index (χ1n) is 7.99. The van der Waals surface area contributed by atoms with Gasteiger partial charge in [0, 0.05) is 41.3 Å². The van der Waals surface area contributed by atoms with Crippen molar-refractivity contribution in [1.82, 2.24) is 0 Å². The lowest BCUT2D eigenvalue weighted by molar-refractivity contribution is -0.100. The Morgan fingerprint density at radius 2 is 0.833 bits per heavy atom. The summed E-state index contributed by atoms with van der Waals surface area (Å²) in [5, 5.41) is 0. The molecular weight excluding hydrogens is 304 g/mol. The number of ether oxygens (including phenoxy) is 4. The van der Waals surface area contributed by atoms with Crippen LogP contribution in [0.15, 0.2) is 48.5 Å². The summed E-state index contributed by atoms with van der Waals surface area (Å²) >= 11 is 0. The minimum Gasteiger partial charge on any atom is -0.356 e. The Morgan fingerprint density at radius 1 is 0.542 bits per heavy atom. The van der Waals surface area contributed by atoms with Crippen LogP contribution in [0.5, 0.6) is 0 Å². The summed E-state index contributed by atoms with van der Waals surface area (Å²) in [4.78, 5) is 0. The van der Waals surface area contributed by atoms with E-state index >= 15 is 0 Å². The third kappa shape index (κ3) is 5.14. The van der Waals surface area contributed by atoms with Crippen molar-refractivity contribution in [2.45, 2.75) is 25.4 Å². The van der Waals surface area contributed by atoms with Gasteiger partial charge in [0.2, 0.25) is 0 Å². The smallest absolute Gasteiger partial charge is 0.160 e. The number of methoxy groups -OCH3 is 4. The van der Waals surface area contributed by atoms with E-state index in [1.165, 1.54) is 22.3 Å². The average molecular weight is 330 g/mol. The second kappa shape index (κ2) is 9.55. The Labute approximate surface area is 144 Å². The summed E-state index contributed by atoms with van der Waals surface area (Å²) in [6.07, 6.45) is 1.07. The molecule has 0 aliphatic heterocycles. The van der Waals surface area contributed by atoms with Crippen LogP contribution >= 0.6 is 0 Å². The van der Waals surface area contributed by atoms with Crippen molar-refractivity contribution >= 4 is 0 Å². The van der Waals surface area contributed by atoms with Crippen molar-refractivity contribution in [3.05, 3.63) is 59.7 Å². The van der Waals surface area contributed by atoms with Gasteiger partial charge in [0.15, 0.2) is 12.6 Å². The highest BCUT2D eigenvalue weighted by atomic mass is 16.7. The third-order valence-electron chi connectivity index (χ3n) is 4.10. The zero-order chi connectivity index (χ0) is 17.4. The molecule has 0 saturated heterocycles. The zero-order valence-electron chi connectivity index (χ0n) is 14.8. The predicted molar refractivity (Wildman–Crippen MR) is 94.9 cm³/mol. The van der Waals surface area contributed by atoms with Gasteiger partial charge in [-0.05, 0) is 22.3 Å². The van der Waals surface area contributed by atoms with Gasteiger partial charge in [-0.25, -0.2) is 0 Å². The molecule has 0 saturated carbocycles. The zero-order valence-corrected chi connectivity index (χ0v) is 14.8. The topological polar surface area (TPSA) is 36.9 Å². The molecule has 0 N–H and O–H groups in total. The molecule has 0 amide bonds. The van der Waals surface area contributed by atoms with Gasteiger partial charge < -0.3 is 18.9 Å². The largest absolute Gasteiger partial charge is 0.356 e. The fraction of sp³-hybridized carbons (Fsp3) is 0.400. The Morgan fingerprint density at radius 3 is 1.08 bits per heavy atom. The molecule has 0 bridgehead atoms. The Kier molecular flexibility index (Phi) is 7.40. The van der Waals surface area contributed by atoms with Gasteiger partial charge in [0.25, 0.3) is 0 Å². The molecule has 0 unspecified atom stereocenters. The molecule has 4 heteroatoms. The lowest BCUT2D eigenvalue weighted by Gasteiger charge is -2.14. The van der Waals surface area contributed by atoms with Crippen LogP contribution in [0.2, 0.25) is 0 Å². The molecule has 0 fully saturated rings. The van der Waals surface area contributed by atoms with Gasteiger partial charge in [-0.1, -0.05) is 48.5 Å². The van der Waals surface area contributed by atoms with Crippen LogP contribution in [0.4, 0.5) is 0 Å². The highest BCUT2D eigenvalue weighted by molar-refractivity contribution is 5.64. The van der Waals surface area contributed by atoms with E-state index in [9.17, 15) is 0 Å². The molecule has 2 aromatic carbocycles. The number of hydrogen-bond acceptors (Lipinski definition) is 4. The highest BCUT2D eigenvalue weighted by Crippen LogP contribution is 2.21. The van der Waals surface area contributed by atoms with E-state index in [4.69, 9.17) is 18.9 Å². The van der Waals surface area contributed by atoms with Crippen LogP contribution in [0.3, 0.4) is 0 Å². The highest BCUT2D eigenvalue weighted by Gasteiger charge is 2.08. The van der Waals surface area contributed by atoms with E-state index in [1.807, 2.05) is 0 Å². The van der Waals surface area contributed by atoms with Crippen molar-refractivity contribution in [3.63, 3.8) is 0 Å². The average Bonchev–Trinajstić information content (AvgIpc) is 2.65. The van der Waals surface area contributed by atoms with Crippen molar-refractivity contribution in [3.8, 4) is 11.1 Å². The Balaban J connectivity index is 2.03. The minimum absolute atomic E-state index is 0.204. The molecule has 24 heavy (non-hydrogen) atoms. The van der Waals surface area contributed by atoms with Crippen LogP contribution in [0.25, 0.3) is 11.1 Å².